The van der Waals surface area contributed by atoms with E-state index in [0.29, 0.717) is 18.0 Å². The van der Waals surface area contributed by atoms with E-state index in [0.717, 1.165) is 5.69 Å². The van der Waals surface area contributed by atoms with Crippen molar-refractivity contribution in [1.82, 2.24) is 0 Å². The molecule has 1 aromatic rings. The van der Waals surface area contributed by atoms with Crippen LogP contribution in [-0.2, 0) is 0 Å². The van der Waals surface area contributed by atoms with Crippen LogP contribution in [0.25, 0.3) is 0 Å². The second-order valence-corrected chi connectivity index (χ2v) is 3.62. The molecule has 84 valence electrons. The Morgan fingerprint density at radius 3 is 2.73 bits per heavy atom. The Labute approximate surface area is 90.3 Å². The molecule has 0 bridgehead atoms. The normalized spacial score (nSPS) is 12.3. The average Bonchev–Trinajstić information content (AvgIpc) is 2.17. The van der Waals surface area contributed by atoms with Gasteiger partial charge < -0.3 is 20.5 Å². The first-order chi connectivity index (χ1) is 7.06. The largest absolute Gasteiger partial charge is 0.495 e. The van der Waals surface area contributed by atoms with Crippen molar-refractivity contribution in [2.45, 2.75) is 13.0 Å². The molecule has 15 heavy (non-hydrogen) atoms. The lowest BCUT2D eigenvalue weighted by molar-refractivity contribution is 0.201. The number of nitrogens with two attached hydrogens (primary N) is 1. The molecule has 0 aromatic heterocycles. The molecular weight excluding hydrogens is 192 g/mol. The third kappa shape index (κ3) is 2.76. The lowest BCUT2D eigenvalue weighted by atomic mass is 10.2. The summed E-state index contributed by atoms with van der Waals surface area (Å²) in [5, 5.41) is 9.29. The Morgan fingerprint density at radius 2 is 2.20 bits per heavy atom. The number of likely N-dealkylation sites (N-methyl/N-ethyl adjacent to an activating group) is 1. The number of nitrogen functional groups attached to an aromatic ring is 1. The molecule has 4 nitrogen and oxygen atoms in total. The molecule has 0 radical (unpaired) electrons. The minimum atomic E-state index is -0.388. The first-order valence-electron chi connectivity index (χ1n) is 4.88. The first-order valence-corrected chi connectivity index (χ1v) is 4.88. The highest BCUT2D eigenvalue weighted by atomic mass is 16.5. The van der Waals surface area contributed by atoms with Crippen molar-refractivity contribution in [3.63, 3.8) is 0 Å². The van der Waals surface area contributed by atoms with Crippen LogP contribution in [0.15, 0.2) is 18.2 Å². The van der Waals surface area contributed by atoms with Gasteiger partial charge in [0.1, 0.15) is 5.75 Å². The number of methoxy groups -OCH3 is 1. The Kier molecular flexibility index (Phi) is 3.80. The van der Waals surface area contributed by atoms with E-state index in [-0.39, 0.29) is 6.10 Å². The highest BCUT2D eigenvalue weighted by molar-refractivity contribution is 5.73. The topological polar surface area (TPSA) is 58.7 Å². The summed E-state index contributed by atoms with van der Waals surface area (Å²) >= 11 is 0. The van der Waals surface area contributed by atoms with E-state index in [4.69, 9.17) is 10.5 Å². The fourth-order valence-corrected chi connectivity index (χ4v) is 1.54. The van der Waals surface area contributed by atoms with Gasteiger partial charge in [-0.3, -0.25) is 0 Å². The van der Waals surface area contributed by atoms with Gasteiger partial charge in [0.15, 0.2) is 0 Å². The maximum atomic E-state index is 9.29. The Hall–Kier alpha value is -1.42. The number of anilines is 2. The lowest BCUT2D eigenvalue weighted by Crippen LogP contribution is -2.27. The zero-order valence-electron chi connectivity index (χ0n) is 9.40. The number of ether oxygens (including phenoxy) is 1. The maximum Gasteiger partial charge on any atom is 0.143 e. The minimum absolute atomic E-state index is 0.388. The van der Waals surface area contributed by atoms with Crippen LogP contribution < -0.4 is 15.4 Å². The van der Waals surface area contributed by atoms with Crippen LogP contribution in [-0.4, -0.2) is 31.9 Å². The monoisotopic (exact) mass is 210 g/mol. The molecule has 0 spiro atoms. The van der Waals surface area contributed by atoms with Crippen molar-refractivity contribution in [3.05, 3.63) is 18.2 Å². The van der Waals surface area contributed by atoms with Crippen molar-refractivity contribution in [2.24, 2.45) is 0 Å². The molecule has 0 amide bonds. The summed E-state index contributed by atoms with van der Waals surface area (Å²) in [4.78, 5) is 1.91. The van der Waals surface area contributed by atoms with E-state index >= 15 is 0 Å². The highest BCUT2D eigenvalue weighted by Gasteiger charge is 2.10. The summed E-state index contributed by atoms with van der Waals surface area (Å²) in [5.74, 6) is 0.657. The standard InChI is InChI=1S/C11H18N2O2/c1-8(14)7-13(2)9-5-4-6-10(15-3)11(9)12/h4-6,8,14H,7,12H2,1-3H3. The molecule has 1 rings (SSSR count). The molecule has 0 aliphatic heterocycles. The highest BCUT2D eigenvalue weighted by Crippen LogP contribution is 2.31. The molecule has 0 saturated carbocycles. The van der Waals surface area contributed by atoms with Gasteiger partial charge in [0.25, 0.3) is 0 Å². The van der Waals surface area contributed by atoms with E-state index in [1.165, 1.54) is 0 Å². The number of para-hydroxylation sites is 1. The lowest BCUT2D eigenvalue weighted by Gasteiger charge is -2.23. The number of hydrogen-bond acceptors (Lipinski definition) is 4. The minimum Gasteiger partial charge on any atom is -0.495 e. The molecule has 0 aliphatic rings. The molecule has 0 fully saturated rings. The molecule has 0 saturated heterocycles. The van der Waals surface area contributed by atoms with Crippen molar-refractivity contribution in [3.8, 4) is 5.75 Å². The number of aliphatic hydroxyl groups is 1. The quantitative estimate of drug-likeness (QED) is 0.730. The van der Waals surface area contributed by atoms with Gasteiger partial charge in [-0.2, -0.15) is 0 Å². The van der Waals surface area contributed by atoms with E-state index in [2.05, 4.69) is 0 Å². The fourth-order valence-electron chi connectivity index (χ4n) is 1.54. The molecule has 4 heteroatoms. The Balaban J connectivity index is 2.93. The second-order valence-electron chi connectivity index (χ2n) is 3.62. The summed E-state index contributed by atoms with van der Waals surface area (Å²) in [6.07, 6.45) is -0.388. The number of benzene rings is 1. The van der Waals surface area contributed by atoms with E-state index in [1.54, 1.807) is 14.0 Å². The number of hydrogen-bond donors (Lipinski definition) is 2. The number of aliphatic hydroxyl groups excluding tert-OH is 1. The summed E-state index contributed by atoms with van der Waals surface area (Å²) in [5.41, 5.74) is 7.39. The molecule has 1 aromatic carbocycles. The summed E-state index contributed by atoms with van der Waals surface area (Å²) in [7, 11) is 3.47. The maximum absolute atomic E-state index is 9.29. The zero-order valence-corrected chi connectivity index (χ0v) is 9.40. The summed E-state index contributed by atoms with van der Waals surface area (Å²) in [6, 6.07) is 5.60. The first kappa shape index (κ1) is 11.7. The van der Waals surface area contributed by atoms with Crippen LogP contribution in [0.5, 0.6) is 5.75 Å². The van der Waals surface area contributed by atoms with Crippen molar-refractivity contribution < 1.29 is 9.84 Å². The number of rotatable bonds is 4. The Morgan fingerprint density at radius 1 is 1.53 bits per heavy atom. The Bertz CT molecular complexity index is 326. The van der Waals surface area contributed by atoms with Crippen LogP contribution in [0.3, 0.4) is 0 Å². The SMILES string of the molecule is COc1cccc(N(C)CC(C)O)c1N. The van der Waals surface area contributed by atoms with Gasteiger partial charge in [0.2, 0.25) is 0 Å². The van der Waals surface area contributed by atoms with Crippen molar-refractivity contribution in [2.75, 3.05) is 31.3 Å². The summed E-state index contributed by atoms with van der Waals surface area (Å²) in [6.45, 7) is 2.28. The van der Waals surface area contributed by atoms with E-state index < -0.39 is 0 Å². The van der Waals surface area contributed by atoms with Crippen LogP contribution in [0.2, 0.25) is 0 Å². The predicted molar refractivity (Wildman–Crippen MR) is 62.4 cm³/mol. The third-order valence-corrected chi connectivity index (χ3v) is 2.21. The van der Waals surface area contributed by atoms with Crippen LogP contribution >= 0.6 is 0 Å². The molecule has 0 heterocycles. The van der Waals surface area contributed by atoms with Gasteiger partial charge in [0.05, 0.1) is 24.6 Å². The van der Waals surface area contributed by atoms with Crippen LogP contribution in [0, 0.1) is 0 Å². The zero-order chi connectivity index (χ0) is 11.4. The molecule has 0 aliphatic carbocycles. The van der Waals surface area contributed by atoms with E-state index in [9.17, 15) is 5.11 Å². The second kappa shape index (κ2) is 4.89. The predicted octanol–water partition coefficient (Wildman–Crippen LogP) is 1.09. The third-order valence-electron chi connectivity index (χ3n) is 2.21. The smallest absolute Gasteiger partial charge is 0.143 e. The molecule has 1 atom stereocenters. The van der Waals surface area contributed by atoms with Gasteiger partial charge in [-0.25, -0.2) is 0 Å². The van der Waals surface area contributed by atoms with E-state index in [1.807, 2.05) is 30.1 Å². The van der Waals surface area contributed by atoms with Crippen molar-refractivity contribution >= 4 is 11.4 Å². The average molecular weight is 210 g/mol. The number of nitrogens with zero attached hydrogens (tertiary/aromatic N) is 1. The molecular formula is C11H18N2O2. The molecule has 3 N–H and O–H groups in total. The van der Waals surface area contributed by atoms with Crippen LogP contribution in [0.1, 0.15) is 6.92 Å². The van der Waals surface area contributed by atoms with Gasteiger partial charge in [-0.05, 0) is 19.1 Å². The van der Waals surface area contributed by atoms with Gasteiger partial charge in [0, 0.05) is 13.6 Å². The van der Waals surface area contributed by atoms with Crippen molar-refractivity contribution in [1.29, 1.82) is 0 Å². The van der Waals surface area contributed by atoms with Gasteiger partial charge >= 0.3 is 0 Å². The van der Waals surface area contributed by atoms with Gasteiger partial charge in [-0.1, -0.05) is 6.07 Å². The fraction of sp³-hybridized carbons (Fsp3) is 0.455. The van der Waals surface area contributed by atoms with Crippen LogP contribution in [0.4, 0.5) is 11.4 Å². The summed E-state index contributed by atoms with van der Waals surface area (Å²) < 4.78 is 5.13. The molecule has 1 unspecified atom stereocenters. The van der Waals surface area contributed by atoms with Gasteiger partial charge in [-0.15, -0.1) is 0 Å².